The summed E-state index contributed by atoms with van der Waals surface area (Å²) >= 11 is 1.60. The molecule has 0 spiro atoms. The number of fused-ring (bicyclic) bond motifs is 1. The van der Waals surface area contributed by atoms with Gasteiger partial charge in [0.2, 0.25) is 0 Å². The molecule has 0 N–H and O–H groups in total. The van der Waals surface area contributed by atoms with Gasteiger partial charge in [-0.05, 0) is 52.9 Å². The average Bonchev–Trinajstić information content (AvgIpc) is 3.38. The summed E-state index contributed by atoms with van der Waals surface area (Å²) in [5, 5.41) is 2.01. The minimum atomic E-state index is -0.277. The number of aromatic nitrogens is 1. The molecule has 0 bridgehead atoms. The van der Waals surface area contributed by atoms with E-state index >= 15 is 0 Å². The normalized spacial score (nSPS) is 14.9. The summed E-state index contributed by atoms with van der Waals surface area (Å²) in [5.41, 5.74) is 3.53. The van der Waals surface area contributed by atoms with Gasteiger partial charge in [0.05, 0.1) is 10.2 Å². The highest BCUT2D eigenvalue weighted by Crippen LogP contribution is 2.27. The molecule has 2 aromatic carbocycles. The second-order valence-corrected chi connectivity index (χ2v) is 9.06. The highest BCUT2D eigenvalue weighted by molar-refractivity contribution is 7.17. The molecule has 164 valence electrons. The van der Waals surface area contributed by atoms with Gasteiger partial charge in [-0.15, -0.1) is 11.3 Å². The third-order valence-corrected chi connectivity index (χ3v) is 6.80. The second kappa shape index (κ2) is 8.84. The Bertz CT molecular complexity index is 1240. The fourth-order valence-electron chi connectivity index (χ4n) is 4.26. The lowest BCUT2D eigenvalue weighted by Crippen LogP contribution is -2.48. The van der Waals surface area contributed by atoms with Crippen molar-refractivity contribution in [2.75, 3.05) is 26.2 Å². The van der Waals surface area contributed by atoms with Crippen LogP contribution < -0.4 is 0 Å². The summed E-state index contributed by atoms with van der Waals surface area (Å²) in [4.78, 5) is 17.6. The Labute approximate surface area is 189 Å². The molecule has 1 aliphatic heterocycles. The molecule has 1 saturated heterocycles. The van der Waals surface area contributed by atoms with Crippen molar-refractivity contribution >= 4 is 27.5 Å². The lowest BCUT2D eigenvalue weighted by Gasteiger charge is -2.35. The van der Waals surface area contributed by atoms with Gasteiger partial charge in [0, 0.05) is 39.3 Å². The van der Waals surface area contributed by atoms with Crippen LogP contribution in [0.25, 0.3) is 10.2 Å². The first-order valence-corrected chi connectivity index (χ1v) is 11.5. The maximum absolute atomic E-state index is 13.7. The van der Waals surface area contributed by atoms with Gasteiger partial charge in [-0.1, -0.05) is 24.3 Å². The molecule has 3 heterocycles. The molecule has 0 radical (unpaired) electrons. The van der Waals surface area contributed by atoms with Crippen molar-refractivity contribution in [2.24, 2.45) is 0 Å². The molecule has 0 aliphatic carbocycles. The molecule has 0 atom stereocenters. The van der Waals surface area contributed by atoms with Gasteiger partial charge in [0.1, 0.15) is 17.3 Å². The predicted molar refractivity (Wildman–Crippen MR) is 123 cm³/mol. The largest absolute Gasteiger partial charge is 0.335 e. The van der Waals surface area contributed by atoms with Crippen LogP contribution in [0.5, 0.6) is 0 Å². The number of hydrogen-bond acceptors (Lipinski definition) is 3. The van der Waals surface area contributed by atoms with Crippen LogP contribution in [0.15, 0.2) is 66.0 Å². The van der Waals surface area contributed by atoms with Crippen molar-refractivity contribution in [1.29, 1.82) is 0 Å². The van der Waals surface area contributed by atoms with E-state index in [2.05, 4.69) is 4.90 Å². The number of carbonyl (C=O) groups is 1. The zero-order valence-electron chi connectivity index (χ0n) is 17.5. The molecule has 2 aromatic heterocycles. The van der Waals surface area contributed by atoms with E-state index in [1.165, 1.54) is 24.3 Å². The van der Waals surface area contributed by atoms with Crippen molar-refractivity contribution in [1.82, 2.24) is 14.4 Å². The Hall–Kier alpha value is -3.03. The monoisotopic (exact) mass is 451 g/mol. The Balaban J connectivity index is 1.31. The van der Waals surface area contributed by atoms with E-state index in [0.29, 0.717) is 25.3 Å². The Kier molecular flexibility index (Phi) is 5.76. The predicted octanol–water partition coefficient (Wildman–Crippen LogP) is 4.99. The first-order valence-electron chi connectivity index (χ1n) is 10.6. The van der Waals surface area contributed by atoms with E-state index < -0.39 is 0 Å². The van der Waals surface area contributed by atoms with Gasteiger partial charge in [-0.3, -0.25) is 9.69 Å². The van der Waals surface area contributed by atoms with E-state index in [0.717, 1.165) is 41.0 Å². The SMILES string of the molecule is O=C(c1cc2sccc2n1Cc1cccc(F)c1)N1CCN(Cc2ccc(F)cc2)CC1. The second-order valence-electron chi connectivity index (χ2n) is 8.11. The lowest BCUT2D eigenvalue weighted by molar-refractivity contribution is 0.0619. The molecule has 4 aromatic rings. The third-order valence-electron chi connectivity index (χ3n) is 5.95. The molecule has 0 unspecified atom stereocenters. The molecular formula is C25H23F2N3OS. The van der Waals surface area contributed by atoms with Gasteiger partial charge < -0.3 is 9.47 Å². The molecule has 1 aliphatic rings. The average molecular weight is 452 g/mol. The van der Waals surface area contributed by atoms with Gasteiger partial charge in [0.25, 0.3) is 5.91 Å². The first-order chi connectivity index (χ1) is 15.6. The number of carbonyl (C=O) groups excluding carboxylic acids is 1. The Morgan fingerprint density at radius 1 is 0.844 bits per heavy atom. The van der Waals surface area contributed by atoms with E-state index in [1.54, 1.807) is 29.5 Å². The van der Waals surface area contributed by atoms with E-state index in [1.807, 2.05) is 33.0 Å². The fourth-order valence-corrected chi connectivity index (χ4v) is 5.08. The zero-order chi connectivity index (χ0) is 22.1. The molecule has 5 rings (SSSR count). The minimum Gasteiger partial charge on any atom is -0.335 e. The number of piperazine rings is 1. The summed E-state index contributed by atoms with van der Waals surface area (Å²) in [6.45, 7) is 4.00. The summed E-state index contributed by atoms with van der Waals surface area (Å²) in [5.74, 6) is -0.502. The standard InChI is InChI=1S/C25H23F2N3OS/c26-20-6-4-18(5-7-20)16-28-9-11-29(12-10-28)25(31)23-15-24-22(8-13-32-24)30(23)17-19-2-1-3-21(27)14-19/h1-8,13-15H,9-12,16-17H2. The van der Waals surface area contributed by atoms with E-state index in [4.69, 9.17) is 0 Å². The highest BCUT2D eigenvalue weighted by atomic mass is 32.1. The van der Waals surface area contributed by atoms with Crippen molar-refractivity contribution in [3.63, 3.8) is 0 Å². The number of halogens is 2. The number of hydrogen-bond donors (Lipinski definition) is 0. The first kappa shape index (κ1) is 20.8. The third kappa shape index (κ3) is 4.31. The smallest absolute Gasteiger partial charge is 0.270 e. The molecule has 4 nitrogen and oxygen atoms in total. The quantitative estimate of drug-likeness (QED) is 0.428. The van der Waals surface area contributed by atoms with Crippen LogP contribution in [-0.4, -0.2) is 46.5 Å². The molecular weight excluding hydrogens is 428 g/mol. The van der Waals surface area contributed by atoms with Gasteiger partial charge in [-0.2, -0.15) is 0 Å². The highest BCUT2D eigenvalue weighted by Gasteiger charge is 2.26. The summed E-state index contributed by atoms with van der Waals surface area (Å²) in [6, 6.07) is 17.0. The Morgan fingerprint density at radius 3 is 2.38 bits per heavy atom. The summed E-state index contributed by atoms with van der Waals surface area (Å²) in [7, 11) is 0. The van der Waals surface area contributed by atoms with Crippen LogP contribution in [0.2, 0.25) is 0 Å². The molecule has 1 amide bonds. The van der Waals surface area contributed by atoms with Gasteiger partial charge in [0.15, 0.2) is 0 Å². The van der Waals surface area contributed by atoms with Crippen LogP contribution >= 0.6 is 11.3 Å². The van der Waals surface area contributed by atoms with Crippen LogP contribution in [0.4, 0.5) is 8.78 Å². The van der Waals surface area contributed by atoms with Gasteiger partial charge in [-0.25, -0.2) is 8.78 Å². The van der Waals surface area contributed by atoms with Crippen LogP contribution in [0, 0.1) is 11.6 Å². The zero-order valence-corrected chi connectivity index (χ0v) is 18.3. The van der Waals surface area contributed by atoms with Crippen LogP contribution in [-0.2, 0) is 13.1 Å². The lowest BCUT2D eigenvalue weighted by atomic mass is 10.2. The van der Waals surface area contributed by atoms with Crippen molar-refractivity contribution in [3.05, 3.63) is 94.5 Å². The number of nitrogens with zero attached hydrogens (tertiary/aromatic N) is 3. The topological polar surface area (TPSA) is 28.5 Å². The molecule has 1 fully saturated rings. The summed E-state index contributed by atoms with van der Waals surface area (Å²) < 4.78 is 29.9. The molecule has 7 heteroatoms. The number of benzene rings is 2. The van der Waals surface area contributed by atoms with Crippen molar-refractivity contribution < 1.29 is 13.6 Å². The fraction of sp³-hybridized carbons (Fsp3) is 0.240. The maximum Gasteiger partial charge on any atom is 0.270 e. The Morgan fingerprint density at radius 2 is 1.62 bits per heavy atom. The number of rotatable bonds is 5. The van der Waals surface area contributed by atoms with Crippen molar-refractivity contribution in [3.8, 4) is 0 Å². The van der Waals surface area contributed by atoms with E-state index in [-0.39, 0.29) is 17.5 Å². The number of thiophene rings is 1. The van der Waals surface area contributed by atoms with Crippen LogP contribution in [0.1, 0.15) is 21.6 Å². The van der Waals surface area contributed by atoms with Gasteiger partial charge >= 0.3 is 0 Å². The summed E-state index contributed by atoms with van der Waals surface area (Å²) in [6.07, 6.45) is 0. The van der Waals surface area contributed by atoms with Crippen molar-refractivity contribution in [2.45, 2.75) is 13.1 Å². The maximum atomic E-state index is 13.7. The van der Waals surface area contributed by atoms with Crippen LogP contribution in [0.3, 0.4) is 0 Å². The number of amides is 1. The minimum absolute atomic E-state index is 0.00577. The molecule has 0 saturated carbocycles. The molecule has 32 heavy (non-hydrogen) atoms. The van der Waals surface area contributed by atoms with E-state index in [9.17, 15) is 13.6 Å².